The Hall–Kier alpha value is -1.64. The zero-order chi connectivity index (χ0) is 15.8. The molecule has 8 heteroatoms. The summed E-state index contributed by atoms with van der Waals surface area (Å²) in [6.07, 6.45) is 0. The second kappa shape index (κ2) is 5.63. The lowest BCUT2D eigenvalue weighted by Gasteiger charge is -2.07. The van der Waals surface area contributed by atoms with Gasteiger partial charge in [-0.1, -0.05) is 0 Å². The first-order valence-electron chi connectivity index (χ1n) is 6.19. The van der Waals surface area contributed by atoms with Crippen molar-refractivity contribution in [3.05, 3.63) is 38.8 Å². The van der Waals surface area contributed by atoms with E-state index in [1.54, 1.807) is 6.92 Å². The molecule has 0 fully saturated rings. The van der Waals surface area contributed by atoms with Crippen molar-refractivity contribution in [3.8, 4) is 0 Å². The van der Waals surface area contributed by atoms with Crippen molar-refractivity contribution in [2.45, 2.75) is 32.2 Å². The topological polar surface area (TPSA) is 99.3 Å². The summed E-state index contributed by atoms with van der Waals surface area (Å²) < 4.78 is 27.3. The van der Waals surface area contributed by atoms with Crippen molar-refractivity contribution in [1.29, 1.82) is 0 Å². The molecule has 3 N–H and O–H groups in total. The van der Waals surface area contributed by atoms with E-state index in [-0.39, 0.29) is 22.7 Å². The van der Waals surface area contributed by atoms with E-state index in [0.29, 0.717) is 5.69 Å². The van der Waals surface area contributed by atoms with Crippen LogP contribution in [0.5, 0.6) is 0 Å². The van der Waals surface area contributed by atoms with Crippen molar-refractivity contribution < 1.29 is 18.3 Å². The number of carboxylic acids is 1. The summed E-state index contributed by atoms with van der Waals surface area (Å²) in [4.78, 5) is 14.6. The van der Waals surface area contributed by atoms with Gasteiger partial charge < -0.3 is 10.1 Å². The zero-order valence-electron chi connectivity index (χ0n) is 11.9. The molecule has 2 rings (SSSR count). The Morgan fingerprint density at radius 1 is 1.38 bits per heavy atom. The molecule has 0 aliphatic carbocycles. The van der Waals surface area contributed by atoms with Crippen LogP contribution < -0.4 is 4.72 Å². The highest BCUT2D eigenvalue weighted by Gasteiger charge is 2.26. The van der Waals surface area contributed by atoms with Gasteiger partial charge in [-0.05, 0) is 37.8 Å². The molecule has 0 spiro atoms. The Balaban J connectivity index is 2.32. The summed E-state index contributed by atoms with van der Waals surface area (Å²) in [7, 11) is -3.77. The lowest BCUT2D eigenvalue weighted by molar-refractivity contribution is 0.0690. The van der Waals surface area contributed by atoms with E-state index in [4.69, 9.17) is 5.11 Å². The second-order valence-corrected chi connectivity index (χ2v) is 7.44. The maximum Gasteiger partial charge on any atom is 0.352 e. The summed E-state index contributed by atoms with van der Waals surface area (Å²) in [5, 5.41) is 10.9. The van der Waals surface area contributed by atoms with Crippen LogP contribution >= 0.6 is 11.3 Å². The van der Waals surface area contributed by atoms with Crippen LogP contribution in [-0.2, 0) is 16.6 Å². The van der Waals surface area contributed by atoms with Gasteiger partial charge in [-0.3, -0.25) is 0 Å². The monoisotopic (exact) mass is 328 g/mol. The van der Waals surface area contributed by atoms with Crippen LogP contribution in [0.25, 0.3) is 0 Å². The Labute approximate surface area is 126 Å². The molecular formula is C13H16N2O4S2. The Morgan fingerprint density at radius 2 is 2.05 bits per heavy atom. The predicted molar refractivity (Wildman–Crippen MR) is 80.3 cm³/mol. The van der Waals surface area contributed by atoms with Crippen molar-refractivity contribution in [3.63, 3.8) is 0 Å². The Kier molecular flexibility index (Phi) is 4.22. The van der Waals surface area contributed by atoms with Gasteiger partial charge in [0, 0.05) is 22.7 Å². The van der Waals surface area contributed by atoms with E-state index in [1.807, 2.05) is 18.4 Å². The lowest BCUT2D eigenvalue weighted by Crippen LogP contribution is -2.24. The summed E-state index contributed by atoms with van der Waals surface area (Å²) in [5.41, 5.74) is 1.47. The maximum atomic E-state index is 12.4. The first kappa shape index (κ1) is 15.7. The fourth-order valence-electron chi connectivity index (χ4n) is 2.17. The maximum absolute atomic E-state index is 12.4. The van der Waals surface area contributed by atoms with E-state index < -0.39 is 16.0 Å². The molecule has 2 aromatic heterocycles. The third-order valence-electron chi connectivity index (χ3n) is 3.24. The van der Waals surface area contributed by atoms with Gasteiger partial charge in [0.2, 0.25) is 10.0 Å². The molecule has 0 saturated heterocycles. The van der Waals surface area contributed by atoms with Crippen LogP contribution in [-0.4, -0.2) is 24.5 Å². The third-order valence-corrected chi connectivity index (χ3v) is 5.94. The molecule has 0 bridgehead atoms. The number of hydrogen-bond donors (Lipinski definition) is 3. The number of aromatic amines is 1. The van der Waals surface area contributed by atoms with Crippen molar-refractivity contribution in [2.75, 3.05) is 0 Å². The standard InChI is InChI=1S/C13H16N2O4S2/c1-7-4-5-20-10(7)6-14-21(18,19)12-8(2)11(13(16)17)15-9(12)3/h4-5,14-15H,6H2,1-3H3,(H,16,17). The van der Waals surface area contributed by atoms with Crippen LogP contribution in [0.1, 0.15) is 32.2 Å². The number of sulfonamides is 1. The molecule has 0 radical (unpaired) electrons. The number of rotatable bonds is 5. The van der Waals surface area contributed by atoms with Crippen LogP contribution in [0.15, 0.2) is 16.3 Å². The summed E-state index contributed by atoms with van der Waals surface area (Å²) in [5.74, 6) is -1.17. The van der Waals surface area contributed by atoms with Gasteiger partial charge >= 0.3 is 5.97 Å². The van der Waals surface area contributed by atoms with Crippen molar-refractivity contribution >= 4 is 27.3 Å². The van der Waals surface area contributed by atoms with E-state index in [2.05, 4.69) is 9.71 Å². The predicted octanol–water partition coefficient (Wildman–Crippen LogP) is 2.18. The van der Waals surface area contributed by atoms with E-state index in [1.165, 1.54) is 18.3 Å². The third kappa shape index (κ3) is 3.02. The zero-order valence-corrected chi connectivity index (χ0v) is 13.5. The Morgan fingerprint density at radius 3 is 2.52 bits per heavy atom. The van der Waals surface area contributed by atoms with Crippen LogP contribution in [0.4, 0.5) is 0 Å². The lowest BCUT2D eigenvalue weighted by atomic mass is 10.2. The van der Waals surface area contributed by atoms with Crippen LogP contribution in [0.3, 0.4) is 0 Å². The van der Waals surface area contributed by atoms with Crippen molar-refractivity contribution in [1.82, 2.24) is 9.71 Å². The largest absolute Gasteiger partial charge is 0.477 e. The average molecular weight is 328 g/mol. The molecule has 21 heavy (non-hydrogen) atoms. The summed E-state index contributed by atoms with van der Waals surface area (Å²) in [6, 6.07) is 1.92. The number of hydrogen-bond acceptors (Lipinski definition) is 4. The molecular weight excluding hydrogens is 312 g/mol. The number of carbonyl (C=O) groups is 1. The van der Waals surface area contributed by atoms with Gasteiger partial charge in [0.25, 0.3) is 0 Å². The van der Waals surface area contributed by atoms with Crippen LogP contribution in [0.2, 0.25) is 0 Å². The average Bonchev–Trinajstić information content (AvgIpc) is 2.91. The minimum Gasteiger partial charge on any atom is -0.477 e. The van der Waals surface area contributed by atoms with E-state index >= 15 is 0 Å². The highest BCUT2D eigenvalue weighted by atomic mass is 32.2. The number of aromatic carboxylic acids is 1. The highest BCUT2D eigenvalue weighted by Crippen LogP contribution is 2.24. The number of H-pyrrole nitrogens is 1. The fraction of sp³-hybridized carbons (Fsp3) is 0.308. The highest BCUT2D eigenvalue weighted by molar-refractivity contribution is 7.89. The Bertz CT molecular complexity index is 787. The number of thiophene rings is 1. The molecule has 6 nitrogen and oxygen atoms in total. The van der Waals surface area contributed by atoms with Gasteiger partial charge in [-0.15, -0.1) is 11.3 Å². The number of carboxylic acid groups (broad SMARTS) is 1. The second-order valence-electron chi connectivity index (χ2n) is 4.74. The summed E-state index contributed by atoms with van der Waals surface area (Å²) >= 11 is 1.48. The van der Waals surface area contributed by atoms with Gasteiger partial charge in [-0.2, -0.15) is 0 Å². The number of nitrogens with one attached hydrogen (secondary N) is 2. The molecule has 2 aromatic rings. The van der Waals surface area contributed by atoms with Crippen LogP contribution in [0, 0.1) is 20.8 Å². The molecule has 0 amide bonds. The fourth-order valence-corrected chi connectivity index (χ4v) is 4.54. The normalized spacial score (nSPS) is 11.8. The smallest absolute Gasteiger partial charge is 0.352 e. The minimum atomic E-state index is -3.77. The molecule has 0 saturated carbocycles. The first-order valence-corrected chi connectivity index (χ1v) is 8.55. The van der Waals surface area contributed by atoms with Gasteiger partial charge in [0.05, 0.1) is 0 Å². The van der Waals surface area contributed by atoms with Gasteiger partial charge in [0.1, 0.15) is 10.6 Å². The quantitative estimate of drug-likeness (QED) is 0.783. The number of aryl methyl sites for hydroxylation is 2. The first-order chi connectivity index (χ1) is 9.74. The molecule has 0 unspecified atom stereocenters. The molecule has 0 aliphatic rings. The molecule has 0 atom stereocenters. The molecule has 0 aliphatic heterocycles. The van der Waals surface area contributed by atoms with Gasteiger partial charge in [-0.25, -0.2) is 17.9 Å². The molecule has 0 aromatic carbocycles. The van der Waals surface area contributed by atoms with Crippen molar-refractivity contribution in [2.24, 2.45) is 0 Å². The minimum absolute atomic E-state index is 0.00843. The molecule has 2 heterocycles. The van der Waals surface area contributed by atoms with E-state index in [0.717, 1.165) is 10.4 Å². The van der Waals surface area contributed by atoms with E-state index in [9.17, 15) is 13.2 Å². The molecule has 114 valence electrons. The van der Waals surface area contributed by atoms with Gasteiger partial charge in [0.15, 0.2) is 0 Å². The summed E-state index contributed by atoms with van der Waals surface area (Å²) in [6.45, 7) is 5.13. The number of aromatic nitrogens is 1. The SMILES string of the molecule is Cc1ccsc1CNS(=O)(=O)c1c(C)[nH]c(C(=O)O)c1C.